The summed E-state index contributed by atoms with van der Waals surface area (Å²) in [5.41, 5.74) is 0.737. The molecule has 0 aliphatic heterocycles. The molecule has 7 heteroatoms. The van der Waals surface area contributed by atoms with E-state index in [4.69, 9.17) is 4.74 Å². The van der Waals surface area contributed by atoms with Crippen molar-refractivity contribution in [1.29, 1.82) is 0 Å². The van der Waals surface area contributed by atoms with Gasteiger partial charge in [-0.2, -0.15) is 5.10 Å². The molecule has 1 aromatic carbocycles. The fourth-order valence-corrected chi connectivity index (χ4v) is 2.26. The van der Waals surface area contributed by atoms with E-state index in [1.807, 2.05) is 6.07 Å². The van der Waals surface area contributed by atoms with E-state index in [1.165, 1.54) is 11.8 Å². The van der Waals surface area contributed by atoms with Crippen LogP contribution in [-0.2, 0) is 4.74 Å². The Kier molecular flexibility index (Phi) is 4.99. The van der Waals surface area contributed by atoms with Crippen LogP contribution in [-0.4, -0.2) is 34.9 Å². The van der Waals surface area contributed by atoms with Crippen molar-refractivity contribution in [2.75, 3.05) is 18.2 Å². The smallest absolute Gasteiger partial charge is 0.344 e. The molecule has 0 radical (unpaired) electrons. The number of hydrogen-bond acceptors (Lipinski definition) is 5. The summed E-state index contributed by atoms with van der Waals surface area (Å²) in [5.74, 6) is -0.594. The topological polar surface area (TPSA) is 84.1 Å². The predicted molar refractivity (Wildman–Crippen MR) is 80.7 cm³/mol. The lowest BCUT2D eigenvalue weighted by molar-refractivity contribution is 0.0523. The summed E-state index contributed by atoms with van der Waals surface area (Å²) in [6.45, 7) is 1.98. The molecule has 2 rings (SSSR count). The van der Waals surface area contributed by atoms with Gasteiger partial charge in [0.25, 0.3) is 5.91 Å². The summed E-state index contributed by atoms with van der Waals surface area (Å²) in [6.07, 6.45) is 1.79. The first-order valence-corrected chi connectivity index (χ1v) is 7.55. The Morgan fingerprint density at radius 3 is 2.67 bits per heavy atom. The third-order valence-corrected chi connectivity index (χ3v) is 3.36. The van der Waals surface area contributed by atoms with E-state index in [1.54, 1.807) is 37.4 Å². The van der Waals surface area contributed by atoms with Crippen molar-refractivity contribution in [3.8, 4) is 0 Å². The molecule has 0 saturated heterocycles. The molecular formula is C14H15N3O3S. The number of hydrogen-bond donors (Lipinski definition) is 2. The first-order chi connectivity index (χ1) is 10.2. The second-order valence-corrected chi connectivity index (χ2v) is 4.82. The van der Waals surface area contributed by atoms with Crippen LogP contribution in [0.3, 0.4) is 0 Å². The Bertz CT molecular complexity index is 640. The minimum atomic E-state index is -0.515. The molecule has 21 heavy (non-hydrogen) atoms. The molecule has 0 aliphatic carbocycles. The van der Waals surface area contributed by atoms with Gasteiger partial charge >= 0.3 is 5.97 Å². The second kappa shape index (κ2) is 6.94. The van der Waals surface area contributed by atoms with Gasteiger partial charge in [-0.15, -0.1) is 11.8 Å². The third kappa shape index (κ3) is 3.43. The van der Waals surface area contributed by atoms with E-state index < -0.39 is 5.97 Å². The average molecular weight is 305 g/mol. The van der Waals surface area contributed by atoms with Crippen LogP contribution in [0.2, 0.25) is 0 Å². The largest absolute Gasteiger partial charge is 0.462 e. The standard InChI is InChI=1S/C14H15N3O3S/c1-3-20-14(19)10-11(16-17-13(10)21-2)15-12(18)9-7-5-4-6-8-9/h4-8H,3H2,1-2H3,(H2,15,16,17,18). The second-order valence-electron chi connectivity index (χ2n) is 4.02. The minimum absolute atomic E-state index is 0.242. The van der Waals surface area contributed by atoms with Crippen LogP contribution in [0.5, 0.6) is 0 Å². The number of nitrogens with one attached hydrogen (secondary N) is 2. The average Bonchev–Trinajstić information content (AvgIpc) is 2.91. The Morgan fingerprint density at radius 2 is 2.05 bits per heavy atom. The molecule has 0 atom stereocenters. The summed E-state index contributed by atoms with van der Waals surface area (Å²) >= 11 is 1.30. The molecule has 1 heterocycles. The lowest BCUT2D eigenvalue weighted by atomic mass is 10.2. The number of ether oxygens (including phenoxy) is 1. The number of aromatic amines is 1. The van der Waals surface area contributed by atoms with Crippen molar-refractivity contribution in [2.24, 2.45) is 0 Å². The van der Waals surface area contributed by atoms with Crippen LogP contribution in [0, 0.1) is 0 Å². The molecule has 0 unspecified atom stereocenters. The van der Waals surface area contributed by atoms with Crippen molar-refractivity contribution >= 4 is 29.5 Å². The van der Waals surface area contributed by atoms with Crippen LogP contribution in [0.4, 0.5) is 5.82 Å². The number of esters is 1. The number of amides is 1. The van der Waals surface area contributed by atoms with E-state index in [9.17, 15) is 9.59 Å². The zero-order valence-electron chi connectivity index (χ0n) is 11.7. The third-order valence-electron chi connectivity index (χ3n) is 2.68. The Labute approximate surface area is 126 Å². The summed E-state index contributed by atoms with van der Waals surface area (Å²) in [5, 5.41) is 9.80. The van der Waals surface area contributed by atoms with Crippen LogP contribution in [0.25, 0.3) is 0 Å². The Morgan fingerprint density at radius 1 is 1.33 bits per heavy atom. The number of thioether (sulfide) groups is 1. The fourth-order valence-electron chi connectivity index (χ4n) is 1.73. The highest BCUT2D eigenvalue weighted by Gasteiger charge is 2.22. The number of anilines is 1. The molecule has 0 spiro atoms. The van der Waals surface area contributed by atoms with Gasteiger partial charge < -0.3 is 10.1 Å². The monoisotopic (exact) mass is 305 g/mol. The number of rotatable bonds is 5. The van der Waals surface area contributed by atoms with Crippen LogP contribution < -0.4 is 5.32 Å². The highest BCUT2D eigenvalue weighted by molar-refractivity contribution is 7.98. The van der Waals surface area contributed by atoms with Gasteiger partial charge in [-0.05, 0) is 25.3 Å². The van der Waals surface area contributed by atoms with Crippen LogP contribution in [0.1, 0.15) is 27.6 Å². The van der Waals surface area contributed by atoms with Gasteiger partial charge in [-0.1, -0.05) is 18.2 Å². The maximum absolute atomic E-state index is 12.1. The number of aromatic nitrogens is 2. The van der Waals surface area contributed by atoms with E-state index in [0.29, 0.717) is 10.6 Å². The molecule has 6 nitrogen and oxygen atoms in total. The molecule has 2 N–H and O–H groups in total. The molecule has 1 amide bonds. The number of carbonyl (C=O) groups is 2. The lowest BCUT2D eigenvalue weighted by Gasteiger charge is -2.06. The summed E-state index contributed by atoms with van der Waals surface area (Å²) in [6, 6.07) is 8.72. The molecule has 0 bridgehead atoms. The molecule has 2 aromatic rings. The summed E-state index contributed by atoms with van der Waals surface area (Å²) in [4.78, 5) is 24.1. The SMILES string of the molecule is CCOC(=O)c1c(SC)n[nH]c1NC(=O)c1ccccc1. The lowest BCUT2D eigenvalue weighted by Crippen LogP contribution is -2.15. The molecule has 110 valence electrons. The fraction of sp³-hybridized carbons (Fsp3) is 0.214. The number of nitrogens with zero attached hydrogens (tertiary/aromatic N) is 1. The maximum Gasteiger partial charge on any atom is 0.344 e. The molecule has 0 fully saturated rings. The highest BCUT2D eigenvalue weighted by atomic mass is 32.2. The highest BCUT2D eigenvalue weighted by Crippen LogP contribution is 2.25. The van der Waals surface area contributed by atoms with Crippen molar-refractivity contribution in [3.63, 3.8) is 0 Å². The Hall–Kier alpha value is -2.28. The molecule has 0 aliphatic rings. The number of benzene rings is 1. The minimum Gasteiger partial charge on any atom is -0.462 e. The van der Waals surface area contributed by atoms with Gasteiger partial charge in [0.15, 0.2) is 0 Å². The van der Waals surface area contributed by atoms with E-state index in [2.05, 4.69) is 15.5 Å². The first-order valence-electron chi connectivity index (χ1n) is 6.33. The van der Waals surface area contributed by atoms with Crippen LogP contribution >= 0.6 is 11.8 Å². The summed E-state index contributed by atoms with van der Waals surface area (Å²) < 4.78 is 4.99. The van der Waals surface area contributed by atoms with Gasteiger partial charge in [0.1, 0.15) is 16.4 Å². The van der Waals surface area contributed by atoms with Gasteiger partial charge in [-0.25, -0.2) is 4.79 Å². The van der Waals surface area contributed by atoms with Gasteiger partial charge in [0, 0.05) is 5.56 Å². The van der Waals surface area contributed by atoms with Crippen molar-refractivity contribution < 1.29 is 14.3 Å². The van der Waals surface area contributed by atoms with Crippen LogP contribution in [0.15, 0.2) is 35.4 Å². The number of H-pyrrole nitrogens is 1. The normalized spacial score (nSPS) is 10.2. The van der Waals surface area contributed by atoms with Gasteiger partial charge in [0.2, 0.25) is 0 Å². The predicted octanol–water partition coefficient (Wildman–Crippen LogP) is 2.56. The van der Waals surface area contributed by atoms with Gasteiger partial charge in [0.05, 0.1) is 6.61 Å². The Balaban J connectivity index is 2.26. The van der Waals surface area contributed by atoms with Crippen molar-refractivity contribution in [1.82, 2.24) is 10.2 Å². The van der Waals surface area contributed by atoms with Crippen molar-refractivity contribution in [2.45, 2.75) is 11.9 Å². The van der Waals surface area contributed by atoms with E-state index in [0.717, 1.165) is 0 Å². The quantitative estimate of drug-likeness (QED) is 0.655. The summed E-state index contributed by atoms with van der Waals surface area (Å²) in [7, 11) is 0. The maximum atomic E-state index is 12.1. The molecule has 1 aromatic heterocycles. The first kappa shape index (κ1) is 15.1. The molecular weight excluding hydrogens is 290 g/mol. The van der Waals surface area contributed by atoms with Crippen molar-refractivity contribution in [3.05, 3.63) is 41.5 Å². The zero-order chi connectivity index (χ0) is 15.2. The zero-order valence-corrected chi connectivity index (χ0v) is 12.5. The van der Waals surface area contributed by atoms with E-state index >= 15 is 0 Å². The van der Waals surface area contributed by atoms with E-state index in [-0.39, 0.29) is 23.9 Å². The molecule has 0 saturated carbocycles. The van der Waals surface area contributed by atoms with Gasteiger partial charge in [-0.3, -0.25) is 9.89 Å². The number of carbonyl (C=O) groups excluding carboxylic acids is 2.